The molecule has 28 heavy (non-hydrogen) atoms. The summed E-state index contributed by atoms with van der Waals surface area (Å²) >= 11 is 0. The molecule has 0 spiro atoms. The lowest BCUT2D eigenvalue weighted by molar-refractivity contribution is 0.501. The number of oxazole rings is 1. The van der Waals surface area contributed by atoms with Crippen LogP contribution in [0.5, 0.6) is 0 Å². The van der Waals surface area contributed by atoms with E-state index in [0.717, 1.165) is 11.3 Å². The van der Waals surface area contributed by atoms with E-state index in [9.17, 15) is 13.2 Å². The van der Waals surface area contributed by atoms with E-state index in [1.54, 1.807) is 6.20 Å². The Kier molecular flexibility index (Phi) is 4.47. The number of aromatic nitrogens is 3. The van der Waals surface area contributed by atoms with Crippen LogP contribution in [-0.4, -0.2) is 43.1 Å². The third kappa shape index (κ3) is 3.29. The predicted octanol–water partition coefficient (Wildman–Crippen LogP) is 0.823. The van der Waals surface area contributed by atoms with Crippen molar-refractivity contribution in [2.75, 3.05) is 19.0 Å². The zero-order valence-electron chi connectivity index (χ0n) is 15.8. The fourth-order valence-electron chi connectivity index (χ4n) is 3.37. The van der Waals surface area contributed by atoms with Crippen molar-refractivity contribution in [3.63, 3.8) is 0 Å². The molecule has 1 aliphatic carbocycles. The first-order chi connectivity index (χ1) is 13.2. The van der Waals surface area contributed by atoms with Gasteiger partial charge in [0.25, 0.3) is 0 Å². The summed E-state index contributed by atoms with van der Waals surface area (Å²) in [6.45, 7) is 0. The van der Waals surface area contributed by atoms with E-state index >= 15 is 0 Å². The fourth-order valence-corrected chi connectivity index (χ4v) is 4.66. The summed E-state index contributed by atoms with van der Waals surface area (Å²) in [6.07, 6.45) is 3.64. The molecule has 1 aromatic carbocycles. The molecule has 0 unspecified atom stereocenters. The average molecular weight is 403 g/mol. The van der Waals surface area contributed by atoms with Crippen LogP contribution in [0.4, 0.5) is 5.95 Å². The van der Waals surface area contributed by atoms with Crippen LogP contribution in [-0.2, 0) is 29.9 Å². The Morgan fingerprint density at radius 3 is 2.86 bits per heavy atom. The molecule has 0 bridgehead atoms. The van der Waals surface area contributed by atoms with Gasteiger partial charge in [0.15, 0.2) is 5.58 Å². The van der Waals surface area contributed by atoms with Crippen molar-refractivity contribution in [3.05, 3.63) is 46.2 Å². The second-order valence-electron chi connectivity index (χ2n) is 7.15. The molecule has 2 aromatic heterocycles. The van der Waals surface area contributed by atoms with Crippen molar-refractivity contribution in [3.8, 4) is 0 Å². The van der Waals surface area contributed by atoms with Crippen LogP contribution < -0.4 is 15.4 Å². The normalized spacial score (nSPS) is 16.9. The molecule has 0 radical (unpaired) electrons. The van der Waals surface area contributed by atoms with Crippen LogP contribution >= 0.6 is 0 Å². The molecule has 0 saturated heterocycles. The molecule has 0 saturated carbocycles. The standard InChI is InChI=1S/C18H21N5O4S/c1-22(2)17-19-10-11-8-12(4-6-14(11)20-17)21-28(25,26)13-5-7-16-15(9-13)23(3)18(24)27-16/h5,7,9-10,12,21H,4,6,8H2,1-3H3/t12-/m0/s1. The molecule has 0 aliphatic heterocycles. The lowest BCUT2D eigenvalue weighted by Gasteiger charge is -2.25. The minimum atomic E-state index is -3.74. The molecule has 2 heterocycles. The van der Waals surface area contributed by atoms with E-state index in [1.165, 1.54) is 29.8 Å². The number of anilines is 1. The van der Waals surface area contributed by atoms with Gasteiger partial charge in [-0.2, -0.15) is 0 Å². The van der Waals surface area contributed by atoms with Gasteiger partial charge in [0.05, 0.1) is 10.4 Å². The van der Waals surface area contributed by atoms with Crippen LogP contribution in [0.25, 0.3) is 11.1 Å². The van der Waals surface area contributed by atoms with Gasteiger partial charge in [0.1, 0.15) is 0 Å². The molecule has 1 aliphatic rings. The molecular formula is C18H21N5O4S. The summed E-state index contributed by atoms with van der Waals surface area (Å²) in [5, 5.41) is 0. The van der Waals surface area contributed by atoms with Crippen molar-refractivity contribution in [2.45, 2.75) is 30.2 Å². The summed E-state index contributed by atoms with van der Waals surface area (Å²) < 4.78 is 34.8. The highest BCUT2D eigenvalue weighted by molar-refractivity contribution is 7.89. The monoisotopic (exact) mass is 403 g/mol. The molecule has 3 aromatic rings. The van der Waals surface area contributed by atoms with Gasteiger partial charge < -0.3 is 9.32 Å². The van der Waals surface area contributed by atoms with Gasteiger partial charge >= 0.3 is 5.76 Å². The van der Waals surface area contributed by atoms with Gasteiger partial charge in [-0.3, -0.25) is 4.57 Å². The summed E-state index contributed by atoms with van der Waals surface area (Å²) in [7, 11) is 1.57. The molecule has 9 nitrogen and oxygen atoms in total. The SMILES string of the molecule is CN(C)c1ncc2c(n1)CC[C@H](NS(=O)(=O)c1ccc3oc(=O)n(C)c3c1)C2. The second-order valence-corrected chi connectivity index (χ2v) is 8.87. The Labute approximate surface area is 162 Å². The molecule has 10 heteroatoms. The largest absolute Gasteiger partial charge is 0.419 e. The van der Waals surface area contributed by atoms with Crippen LogP contribution in [0.15, 0.2) is 38.5 Å². The van der Waals surface area contributed by atoms with E-state index < -0.39 is 15.8 Å². The number of aryl methyl sites for hydroxylation is 2. The van der Waals surface area contributed by atoms with Gasteiger partial charge in [0, 0.05) is 39.1 Å². The number of sulfonamides is 1. The Hall–Kier alpha value is -2.72. The average Bonchev–Trinajstić information content (AvgIpc) is 2.94. The first-order valence-electron chi connectivity index (χ1n) is 8.88. The smallest absolute Gasteiger partial charge is 0.408 e. The van der Waals surface area contributed by atoms with Gasteiger partial charge in [-0.05, 0) is 43.0 Å². The number of benzene rings is 1. The van der Waals surface area contributed by atoms with E-state index in [0.29, 0.717) is 36.3 Å². The number of hydrogen-bond acceptors (Lipinski definition) is 7. The van der Waals surface area contributed by atoms with Gasteiger partial charge in [-0.1, -0.05) is 0 Å². The highest BCUT2D eigenvalue weighted by Crippen LogP contribution is 2.23. The minimum absolute atomic E-state index is 0.0985. The van der Waals surface area contributed by atoms with Gasteiger partial charge in [0.2, 0.25) is 16.0 Å². The minimum Gasteiger partial charge on any atom is -0.408 e. The molecule has 0 amide bonds. The molecule has 0 fully saturated rings. The lowest BCUT2D eigenvalue weighted by atomic mass is 9.94. The lowest BCUT2D eigenvalue weighted by Crippen LogP contribution is -2.39. The van der Waals surface area contributed by atoms with Crippen LogP contribution in [0, 0.1) is 0 Å². The molecule has 4 rings (SSSR count). The maximum atomic E-state index is 12.9. The van der Waals surface area contributed by atoms with E-state index in [2.05, 4.69) is 14.7 Å². The van der Waals surface area contributed by atoms with Crippen LogP contribution in [0.3, 0.4) is 0 Å². The molecule has 148 valence electrons. The van der Waals surface area contributed by atoms with Gasteiger partial charge in [-0.25, -0.2) is 27.9 Å². The number of hydrogen-bond donors (Lipinski definition) is 1. The molecular weight excluding hydrogens is 382 g/mol. The first-order valence-corrected chi connectivity index (χ1v) is 10.4. The van der Waals surface area contributed by atoms with Crippen molar-refractivity contribution >= 4 is 27.1 Å². The van der Waals surface area contributed by atoms with Crippen molar-refractivity contribution in [1.29, 1.82) is 0 Å². The Morgan fingerprint density at radius 2 is 2.11 bits per heavy atom. The molecule has 1 N–H and O–H groups in total. The Balaban J connectivity index is 1.57. The summed E-state index contributed by atoms with van der Waals surface area (Å²) in [5.41, 5.74) is 2.71. The van der Waals surface area contributed by atoms with E-state index in [1.807, 2.05) is 19.0 Å². The number of nitrogens with one attached hydrogen (secondary N) is 1. The Morgan fingerprint density at radius 1 is 1.32 bits per heavy atom. The second kappa shape index (κ2) is 6.71. The number of nitrogens with zero attached hydrogens (tertiary/aromatic N) is 4. The maximum Gasteiger partial charge on any atom is 0.419 e. The summed E-state index contributed by atoms with van der Waals surface area (Å²) in [5.74, 6) is 0.121. The van der Waals surface area contributed by atoms with E-state index in [4.69, 9.17) is 4.42 Å². The zero-order valence-corrected chi connectivity index (χ0v) is 16.7. The van der Waals surface area contributed by atoms with Crippen molar-refractivity contribution in [1.82, 2.24) is 19.3 Å². The number of rotatable bonds is 4. The van der Waals surface area contributed by atoms with Gasteiger partial charge in [-0.15, -0.1) is 0 Å². The number of fused-ring (bicyclic) bond motifs is 2. The fraction of sp³-hybridized carbons (Fsp3) is 0.389. The van der Waals surface area contributed by atoms with Crippen LogP contribution in [0.1, 0.15) is 17.7 Å². The maximum absolute atomic E-state index is 12.9. The first kappa shape index (κ1) is 18.6. The quantitative estimate of drug-likeness (QED) is 0.687. The van der Waals surface area contributed by atoms with Crippen molar-refractivity contribution in [2.24, 2.45) is 7.05 Å². The van der Waals surface area contributed by atoms with Crippen molar-refractivity contribution < 1.29 is 12.8 Å². The predicted molar refractivity (Wildman–Crippen MR) is 104 cm³/mol. The third-order valence-corrected chi connectivity index (χ3v) is 6.45. The topological polar surface area (TPSA) is 110 Å². The third-order valence-electron chi connectivity index (χ3n) is 4.93. The Bertz CT molecular complexity index is 1210. The summed E-state index contributed by atoms with van der Waals surface area (Å²) in [4.78, 5) is 22.4. The van der Waals surface area contributed by atoms with Crippen LogP contribution in [0.2, 0.25) is 0 Å². The zero-order chi connectivity index (χ0) is 20.1. The highest BCUT2D eigenvalue weighted by Gasteiger charge is 2.26. The van der Waals surface area contributed by atoms with E-state index in [-0.39, 0.29) is 10.9 Å². The summed E-state index contributed by atoms with van der Waals surface area (Å²) in [6, 6.07) is 4.15. The highest BCUT2D eigenvalue weighted by atomic mass is 32.2. The molecule has 1 atom stereocenters.